The minimum absolute atomic E-state index is 0. The van der Waals surface area contributed by atoms with Gasteiger partial charge in [-0.2, -0.15) is 8.42 Å². The van der Waals surface area contributed by atoms with Crippen molar-refractivity contribution in [2.45, 2.75) is 155 Å². The smallest absolute Gasteiger partial charge is 0.261 e. The minimum Gasteiger partial charge on any atom is -0.490 e. The average molecular weight is 906 g/mol. The van der Waals surface area contributed by atoms with Crippen molar-refractivity contribution in [1.29, 1.82) is 0 Å². The first-order valence-corrected chi connectivity index (χ1v) is 24.4. The fraction of sp³-hybridized carbons (Fsp3) is 0.510. The summed E-state index contributed by atoms with van der Waals surface area (Å²) in [5, 5.41) is 1.62. The Morgan fingerprint density at radius 1 is 0.702 bits per heavy atom. The molecule has 2 aliphatic rings. The van der Waals surface area contributed by atoms with Crippen LogP contribution in [0.2, 0.25) is 0 Å². The predicted octanol–water partition coefficient (Wildman–Crippen LogP) is 13.5. The van der Waals surface area contributed by atoms with Gasteiger partial charge >= 0.3 is 0 Å². The van der Waals surface area contributed by atoms with Crippen molar-refractivity contribution in [2.75, 3.05) is 12.0 Å². The third-order valence-corrected chi connectivity index (χ3v) is 14.5. The van der Waals surface area contributed by atoms with Crippen molar-refractivity contribution in [2.24, 2.45) is 0 Å². The van der Waals surface area contributed by atoms with Crippen molar-refractivity contribution in [3.05, 3.63) is 102 Å². The number of rotatable bonds is 10. The summed E-state index contributed by atoms with van der Waals surface area (Å²) in [5.41, 5.74) is 18.0. The first-order valence-electron chi connectivity index (χ1n) is 21.1. The number of nitrogens with two attached hydrogens (primary N) is 1. The van der Waals surface area contributed by atoms with Gasteiger partial charge in [0.05, 0.1) is 12.4 Å². The molecule has 0 unspecified atom stereocenters. The first-order chi connectivity index (χ1) is 26.6. The molecule has 0 spiro atoms. The quantitative estimate of drug-likeness (QED) is 0.0544. The van der Waals surface area contributed by atoms with Crippen LogP contribution in [-0.2, 0) is 30.5 Å². The van der Waals surface area contributed by atoms with Crippen LogP contribution in [-0.4, -0.2) is 36.6 Å². The normalized spacial score (nSPS) is 15.2. The Hall–Kier alpha value is -2.52. The number of anilines is 1. The van der Waals surface area contributed by atoms with E-state index in [0.29, 0.717) is 24.0 Å². The zero-order chi connectivity index (χ0) is 41.0. The van der Waals surface area contributed by atoms with Gasteiger partial charge in [-0.05, 0) is 114 Å². The van der Waals surface area contributed by atoms with Gasteiger partial charge < -0.3 is 10.5 Å². The van der Waals surface area contributed by atoms with Gasteiger partial charge in [-0.25, -0.2) is 0 Å². The maximum Gasteiger partial charge on any atom is 0.261 e. The largest absolute Gasteiger partial charge is 0.490 e. The van der Waals surface area contributed by atoms with E-state index in [1.54, 1.807) is 5.30 Å². The third kappa shape index (κ3) is 14.6. The molecule has 316 valence electrons. The summed E-state index contributed by atoms with van der Waals surface area (Å²) in [6.07, 6.45) is 15.1. The van der Waals surface area contributed by atoms with Crippen molar-refractivity contribution < 1.29 is 38.1 Å². The van der Waals surface area contributed by atoms with E-state index in [9.17, 15) is 8.42 Å². The summed E-state index contributed by atoms with van der Waals surface area (Å²) < 4.78 is 32.6. The molecule has 0 aromatic heterocycles. The van der Waals surface area contributed by atoms with Gasteiger partial charge in [0.2, 0.25) is 0 Å². The van der Waals surface area contributed by atoms with Gasteiger partial charge in [0.1, 0.15) is 5.75 Å². The van der Waals surface area contributed by atoms with E-state index < -0.39 is 10.1 Å². The predicted molar refractivity (Wildman–Crippen MR) is 243 cm³/mol. The summed E-state index contributed by atoms with van der Waals surface area (Å²) in [5.74, 6) is 2.70. The zero-order valence-corrected chi connectivity index (χ0v) is 39.2. The second kappa shape index (κ2) is 23.3. The topological polar surface area (TPSA) is 89.6 Å². The van der Waals surface area contributed by atoms with E-state index in [1.165, 1.54) is 97.8 Å². The number of hydrogen-bond donors (Lipinski definition) is 2. The molecule has 2 fully saturated rings. The molecule has 0 heterocycles. The van der Waals surface area contributed by atoms with Crippen LogP contribution in [0.1, 0.15) is 154 Å². The van der Waals surface area contributed by atoms with Crippen LogP contribution in [0.4, 0.5) is 5.69 Å². The second-order valence-electron chi connectivity index (χ2n) is 16.9. The molecule has 0 radical (unpaired) electrons. The van der Waals surface area contributed by atoms with Gasteiger partial charge in [0, 0.05) is 25.7 Å². The standard InChI is InChI=1S/C36H55OP.C12H10N.CH4O3S.Pd/c1-24(2)28-22-32(25(3)4)35(33(23-28)26(5)6)31-20-15-21-34(37-27(7)8)36(31)38(29-16-11-9-12-17-29)30-18-13-10-14-19-30;13-12-9-5-4-8-11(12)10-6-2-1-3-7-10;1-5(2,3)4;/h15,20-27,29-30H,9-14,16-19H2,1-8H3;1-6,8-9H,13H2;1H3,(H,2,3,4);/q;-1;;. The Balaban J connectivity index is 0.000000377. The Morgan fingerprint density at radius 3 is 1.63 bits per heavy atom. The molecule has 57 heavy (non-hydrogen) atoms. The Labute approximate surface area is 361 Å². The Kier molecular flexibility index (Phi) is 20.0. The molecule has 0 saturated heterocycles. The number of ether oxygens (including phenoxy) is 1. The van der Waals surface area contributed by atoms with E-state index in [2.05, 4.69) is 91.8 Å². The van der Waals surface area contributed by atoms with E-state index in [-0.39, 0.29) is 34.4 Å². The molecule has 0 amide bonds. The van der Waals surface area contributed by atoms with Crippen molar-refractivity contribution in [3.8, 4) is 28.0 Å². The summed E-state index contributed by atoms with van der Waals surface area (Å²) in [6.45, 7) is 18.7. The molecule has 0 atom stereocenters. The van der Waals surface area contributed by atoms with Crippen molar-refractivity contribution >= 4 is 29.0 Å². The van der Waals surface area contributed by atoms with Crippen LogP contribution in [0.3, 0.4) is 0 Å². The van der Waals surface area contributed by atoms with E-state index in [0.717, 1.165) is 28.1 Å². The maximum absolute atomic E-state index is 9.19. The van der Waals surface area contributed by atoms with Gasteiger partial charge in [0.15, 0.2) is 0 Å². The summed E-state index contributed by atoms with van der Waals surface area (Å²) in [6, 6.07) is 30.9. The molecular weight excluding hydrogens is 836 g/mol. The van der Waals surface area contributed by atoms with Gasteiger partial charge in [-0.15, -0.1) is 35.9 Å². The molecule has 3 N–H and O–H groups in total. The molecule has 2 saturated carbocycles. The number of hydrogen-bond acceptors (Lipinski definition) is 4. The Bertz CT molecular complexity index is 1860. The van der Waals surface area contributed by atoms with E-state index in [4.69, 9.17) is 15.0 Å². The summed E-state index contributed by atoms with van der Waals surface area (Å²) in [4.78, 5) is 0. The van der Waals surface area contributed by atoms with Crippen LogP contribution >= 0.6 is 7.92 Å². The van der Waals surface area contributed by atoms with Crippen LogP contribution < -0.4 is 15.8 Å². The first kappa shape index (κ1) is 48.8. The molecule has 0 aliphatic heterocycles. The number of para-hydroxylation sites is 1. The third-order valence-electron chi connectivity index (χ3n) is 10.9. The number of benzene rings is 4. The summed E-state index contributed by atoms with van der Waals surface area (Å²) in [7, 11) is -3.96. The van der Waals surface area contributed by atoms with Gasteiger partial charge in [0.25, 0.3) is 10.1 Å². The minimum atomic E-state index is -3.67. The van der Waals surface area contributed by atoms with E-state index >= 15 is 0 Å². The average Bonchev–Trinajstić information content (AvgIpc) is 3.15. The van der Waals surface area contributed by atoms with Crippen LogP contribution in [0.25, 0.3) is 22.3 Å². The molecule has 2 aliphatic carbocycles. The molecule has 5 nitrogen and oxygen atoms in total. The molecule has 4 aromatic carbocycles. The van der Waals surface area contributed by atoms with Crippen LogP contribution in [0, 0.1) is 6.07 Å². The van der Waals surface area contributed by atoms with Crippen molar-refractivity contribution in [1.82, 2.24) is 0 Å². The molecule has 6 rings (SSSR count). The van der Waals surface area contributed by atoms with E-state index in [1.807, 2.05) is 48.5 Å². The maximum atomic E-state index is 9.19. The summed E-state index contributed by atoms with van der Waals surface area (Å²) >= 11 is 0. The zero-order valence-electron chi connectivity index (χ0n) is 36.0. The van der Waals surface area contributed by atoms with Crippen molar-refractivity contribution in [3.63, 3.8) is 0 Å². The van der Waals surface area contributed by atoms with Crippen LogP contribution in [0.15, 0.2) is 78.9 Å². The van der Waals surface area contributed by atoms with Gasteiger partial charge in [-0.1, -0.05) is 136 Å². The fourth-order valence-electron chi connectivity index (χ4n) is 8.29. The van der Waals surface area contributed by atoms with Crippen LogP contribution in [0.5, 0.6) is 5.75 Å². The second-order valence-corrected chi connectivity index (χ2v) is 21.1. The number of nitrogen functional groups attached to an aromatic ring is 1. The molecule has 8 heteroatoms. The SMILES string of the molecule is CC(C)Oc1cccc(-c2c(C(C)C)cc(C(C)C)cc2C(C)C)c1P(C1CCCCC1)C1CCCCC1.CS(=O)(=O)O.Nc1ccccc1-c1[c-]cccc1.[Pd]. The molecule has 4 aromatic rings. The monoisotopic (exact) mass is 904 g/mol. The van der Waals surface area contributed by atoms with Gasteiger partial charge in [-0.3, -0.25) is 4.55 Å². The molecular formula is C49H69NO4PPdS-. The fourth-order valence-corrected chi connectivity index (χ4v) is 12.3. The Morgan fingerprint density at radius 2 is 1.19 bits per heavy atom. The molecule has 0 bridgehead atoms.